The summed E-state index contributed by atoms with van der Waals surface area (Å²) < 4.78 is 0. The van der Waals surface area contributed by atoms with Crippen molar-refractivity contribution in [2.45, 2.75) is 13.8 Å². The molecular weight excluding hydrogens is 168 g/mol. The maximum Gasteiger partial charge on any atom is 0.276 e. The van der Waals surface area contributed by atoms with Gasteiger partial charge in [-0.25, -0.2) is 0 Å². The van der Waals surface area contributed by atoms with Crippen LogP contribution in [-0.2, 0) is 0 Å². The van der Waals surface area contributed by atoms with Crippen LogP contribution in [0.3, 0.4) is 0 Å². The van der Waals surface area contributed by atoms with Crippen molar-refractivity contribution >= 4 is 5.91 Å². The van der Waals surface area contributed by atoms with Gasteiger partial charge in [-0.15, -0.1) is 0 Å². The van der Waals surface area contributed by atoms with Crippen molar-refractivity contribution < 1.29 is 4.79 Å². The van der Waals surface area contributed by atoms with Gasteiger partial charge in [-0.3, -0.25) is 4.79 Å². The van der Waals surface area contributed by atoms with Crippen molar-refractivity contribution in [3.05, 3.63) is 11.4 Å². The number of likely N-dealkylation sites (tertiary alicyclic amines) is 1. The fourth-order valence-electron chi connectivity index (χ4n) is 1.50. The van der Waals surface area contributed by atoms with E-state index < -0.39 is 0 Å². The van der Waals surface area contributed by atoms with Gasteiger partial charge in [-0.2, -0.15) is 15.4 Å². The lowest BCUT2D eigenvalue weighted by atomic mass is 10.0. The van der Waals surface area contributed by atoms with E-state index in [1.165, 1.54) is 0 Å². The summed E-state index contributed by atoms with van der Waals surface area (Å²) in [6.45, 7) is 5.58. The molecule has 5 heteroatoms. The molecule has 1 aromatic heterocycles. The second-order valence-corrected chi connectivity index (χ2v) is 3.57. The number of nitrogens with one attached hydrogen (secondary N) is 1. The molecule has 2 heterocycles. The van der Waals surface area contributed by atoms with Crippen LogP contribution in [0.5, 0.6) is 0 Å². The van der Waals surface area contributed by atoms with Crippen LogP contribution < -0.4 is 0 Å². The molecule has 0 aliphatic carbocycles. The Kier molecular flexibility index (Phi) is 1.79. The predicted octanol–water partition coefficient (Wildman–Crippen LogP) is 0.205. The van der Waals surface area contributed by atoms with Crippen LogP contribution in [0.4, 0.5) is 0 Å². The zero-order valence-corrected chi connectivity index (χ0v) is 7.74. The lowest BCUT2D eigenvalue weighted by Crippen LogP contribution is -2.48. The van der Waals surface area contributed by atoms with Crippen LogP contribution in [0, 0.1) is 12.8 Å². The molecule has 0 atom stereocenters. The van der Waals surface area contributed by atoms with E-state index in [1.807, 2.05) is 0 Å². The van der Waals surface area contributed by atoms with Gasteiger partial charge in [0, 0.05) is 13.1 Å². The Labute approximate surface area is 76.1 Å². The largest absolute Gasteiger partial charge is 0.337 e. The molecule has 1 amide bonds. The van der Waals surface area contributed by atoms with E-state index in [-0.39, 0.29) is 5.91 Å². The molecule has 0 radical (unpaired) electrons. The zero-order chi connectivity index (χ0) is 9.42. The molecule has 1 aromatic rings. The second kappa shape index (κ2) is 2.83. The Morgan fingerprint density at radius 1 is 1.54 bits per heavy atom. The molecule has 5 nitrogen and oxygen atoms in total. The monoisotopic (exact) mass is 180 g/mol. The number of aromatic nitrogens is 3. The molecule has 70 valence electrons. The van der Waals surface area contributed by atoms with Crippen molar-refractivity contribution in [1.82, 2.24) is 20.3 Å². The average Bonchev–Trinajstić information content (AvgIpc) is 2.44. The number of rotatable bonds is 1. The summed E-state index contributed by atoms with van der Waals surface area (Å²) in [6.07, 6.45) is 0. The molecule has 0 unspecified atom stereocenters. The van der Waals surface area contributed by atoms with Gasteiger partial charge in [0.15, 0.2) is 5.69 Å². The van der Waals surface area contributed by atoms with Crippen molar-refractivity contribution in [2.75, 3.05) is 13.1 Å². The predicted molar refractivity (Wildman–Crippen MR) is 46.2 cm³/mol. The Bertz CT molecular complexity index is 327. The van der Waals surface area contributed by atoms with Crippen LogP contribution >= 0.6 is 0 Å². The Balaban J connectivity index is 2.10. The minimum absolute atomic E-state index is 0.00986. The summed E-state index contributed by atoms with van der Waals surface area (Å²) in [7, 11) is 0. The first-order valence-electron chi connectivity index (χ1n) is 4.35. The number of H-pyrrole nitrogens is 1. The summed E-state index contributed by atoms with van der Waals surface area (Å²) in [6, 6.07) is 0. The summed E-state index contributed by atoms with van der Waals surface area (Å²) in [5.41, 5.74) is 1.12. The van der Waals surface area contributed by atoms with Crippen LogP contribution in [0.15, 0.2) is 0 Å². The molecule has 1 aliphatic rings. The van der Waals surface area contributed by atoms with Crippen LogP contribution in [-0.4, -0.2) is 39.3 Å². The summed E-state index contributed by atoms with van der Waals surface area (Å²) in [5, 5.41) is 10.1. The second-order valence-electron chi connectivity index (χ2n) is 3.57. The number of aromatic amines is 1. The number of hydrogen-bond donors (Lipinski definition) is 1. The van der Waals surface area contributed by atoms with Gasteiger partial charge in [0.25, 0.3) is 5.91 Å². The first kappa shape index (κ1) is 8.22. The fourth-order valence-corrected chi connectivity index (χ4v) is 1.50. The highest BCUT2D eigenvalue weighted by Gasteiger charge is 2.30. The lowest BCUT2D eigenvalue weighted by Gasteiger charge is -2.36. The third-order valence-electron chi connectivity index (χ3n) is 2.28. The molecule has 0 saturated carbocycles. The van der Waals surface area contributed by atoms with Gasteiger partial charge in [0.05, 0.1) is 5.69 Å². The van der Waals surface area contributed by atoms with Crippen molar-refractivity contribution in [3.8, 4) is 0 Å². The molecule has 0 spiro atoms. The number of carbonyl (C=O) groups is 1. The van der Waals surface area contributed by atoms with E-state index in [0.717, 1.165) is 13.1 Å². The number of hydrogen-bond acceptors (Lipinski definition) is 3. The molecule has 1 fully saturated rings. The topological polar surface area (TPSA) is 61.9 Å². The minimum atomic E-state index is -0.00986. The first-order chi connectivity index (χ1) is 6.18. The molecule has 13 heavy (non-hydrogen) atoms. The Morgan fingerprint density at radius 2 is 2.23 bits per heavy atom. The summed E-state index contributed by atoms with van der Waals surface area (Å²) >= 11 is 0. The number of carbonyl (C=O) groups excluding carboxylic acids is 1. The summed E-state index contributed by atoms with van der Waals surface area (Å²) in [5.74, 6) is 0.612. The highest BCUT2D eigenvalue weighted by atomic mass is 16.2. The quantitative estimate of drug-likeness (QED) is 0.671. The first-order valence-corrected chi connectivity index (χ1v) is 4.35. The standard InChI is InChI=1S/C8H12N4O/c1-5-3-12(4-5)8(13)7-6(2)9-11-10-7/h5H,3-4H2,1-2H3,(H,9,10,11). The maximum absolute atomic E-state index is 11.7. The fraction of sp³-hybridized carbons (Fsp3) is 0.625. The van der Waals surface area contributed by atoms with Gasteiger partial charge in [-0.1, -0.05) is 6.92 Å². The molecular formula is C8H12N4O. The molecule has 2 rings (SSSR count). The number of aryl methyl sites for hydroxylation is 1. The lowest BCUT2D eigenvalue weighted by molar-refractivity contribution is 0.0523. The van der Waals surface area contributed by atoms with Crippen molar-refractivity contribution in [2.24, 2.45) is 5.92 Å². The highest BCUT2D eigenvalue weighted by molar-refractivity contribution is 5.93. The third kappa shape index (κ3) is 1.30. The van der Waals surface area contributed by atoms with Crippen LogP contribution in [0.2, 0.25) is 0 Å². The molecule has 1 aliphatic heterocycles. The zero-order valence-electron chi connectivity index (χ0n) is 7.74. The normalized spacial score (nSPS) is 17.2. The summed E-state index contributed by atoms with van der Waals surface area (Å²) in [4.78, 5) is 13.4. The third-order valence-corrected chi connectivity index (χ3v) is 2.28. The number of amides is 1. The van der Waals surface area contributed by atoms with E-state index >= 15 is 0 Å². The minimum Gasteiger partial charge on any atom is -0.337 e. The van der Waals surface area contributed by atoms with Crippen LogP contribution in [0.25, 0.3) is 0 Å². The van der Waals surface area contributed by atoms with E-state index in [2.05, 4.69) is 22.3 Å². The van der Waals surface area contributed by atoms with Gasteiger partial charge in [0.1, 0.15) is 0 Å². The highest BCUT2D eigenvalue weighted by Crippen LogP contribution is 2.17. The Hall–Kier alpha value is -1.39. The SMILES string of the molecule is Cc1n[nH]nc1C(=O)N1CC(C)C1. The van der Waals surface area contributed by atoms with Gasteiger partial charge >= 0.3 is 0 Å². The van der Waals surface area contributed by atoms with Gasteiger partial charge in [0.2, 0.25) is 0 Å². The van der Waals surface area contributed by atoms with Gasteiger partial charge in [-0.05, 0) is 12.8 Å². The molecule has 1 saturated heterocycles. The van der Waals surface area contributed by atoms with Gasteiger partial charge < -0.3 is 4.90 Å². The van der Waals surface area contributed by atoms with E-state index in [9.17, 15) is 4.79 Å². The van der Waals surface area contributed by atoms with Crippen molar-refractivity contribution in [3.63, 3.8) is 0 Å². The van der Waals surface area contributed by atoms with E-state index in [0.29, 0.717) is 17.3 Å². The van der Waals surface area contributed by atoms with E-state index in [4.69, 9.17) is 0 Å². The maximum atomic E-state index is 11.7. The Morgan fingerprint density at radius 3 is 2.69 bits per heavy atom. The average molecular weight is 180 g/mol. The number of nitrogens with zero attached hydrogens (tertiary/aromatic N) is 3. The molecule has 0 bridgehead atoms. The van der Waals surface area contributed by atoms with Crippen LogP contribution in [0.1, 0.15) is 23.1 Å². The smallest absolute Gasteiger partial charge is 0.276 e. The van der Waals surface area contributed by atoms with E-state index in [1.54, 1.807) is 11.8 Å². The van der Waals surface area contributed by atoms with Crippen molar-refractivity contribution in [1.29, 1.82) is 0 Å². The molecule has 0 aromatic carbocycles. The molecule has 1 N–H and O–H groups in total.